The first-order valence-electron chi connectivity index (χ1n) is 14.6. The summed E-state index contributed by atoms with van der Waals surface area (Å²) in [4.78, 5) is 23.8. The summed E-state index contributed by atoms with van der Waals surface area (Å²) in [5.41, 5.74) is 1.13. The molecule has 0 spiro atoms. The summed E-state index contributed by atoms with van der Waals surface area (Å²) in [6.07, 6.45) is 10.2. The zero-order chi connectivity index (χ0) is 26.9. The van der Waals surface area contributed by atoms with Crippen LogP contribution in [0.25, 0.3) is 32.3 Å². The Bertz CT molecular complexity index is 1330. The van der Waals surface area contributed by atoms with Crippen LogP contribution in [0.1, 0.15) is 103 Å². The van der Waals surface area contributed by atoms with Crippen LogP contribution in [0.15, 0.2) is 54.6 Å². The zero-order valence-electron chi connectivity index (χ0n) is 23.0. The highest BCUT2D eigenvalue weighted by Gasteiger charge is 2.28. The number of hydrogen-bond acceptors (Lipinski definition) is 3. The smallest absolute Gasteiger partial charge is 0.306 e. The average Bonchev–Trinajstić information content (AvgIpc) is 2.92. The Kier molecular flexibility index (Phi) is 9.98. The summed E-state index contributed by atoms with van der Waals surface area (Å²) in [7, 11) is 0. The van der Waals surface area contributed by atoms with Gasteiger partial charge >= 0.3 is 11.9 Å². The van der Waals surface area contributed by atoms with E-state index in [-0.39, 0.29) is 24.4 Å². The second kappa shape index (κ2) is 13.6. The van der Waals surface area contributed by atoms with E-state index in [4.69, 9.17) is 9.84 Å². The van der Waals surface area contributed by atoms with Gasteiger partial charge in [0.2, 0.25) is 0 Å². The first kappa shape index (κ1) is 27.9. The fraction of sp³-hybridized carbons (Fsp3) is 0.471. The Balaban J connectivity index is 1.52. The standard InChI is InChI=1S/C34H42O4/c1-3-5-13-24(4-2)34(38-31(37)17-11-9-7-6-8-10-16-30(35)36)29-23-21-27-19-18-25-14-12-15-26-20-22-28(29)33(27)32(25)26/h12,14-15,18-24,34H,3-11,13,16-17H2,1-2H3,(H,35,36). The lowest BCUT2D eigenvalue weighted by atomic mass is 9.84. The minimum absolute atomic E-state index is 0.110. The van der Waals surface area contributed by atoms with Crippen molar-refractivity contribution in [1.29, 1.82) is 0 Å². The number of unbranched alkanes of at least 4 members (excludes halogenated alkanes) is 6. The van der Waals surface area contributed by atoms with E-state index >= 15 is 0 Å². The summed E-state index contributed by atoms with van der Waals surface area (Å²) in [6.45, 7) is 4.42. The number of carboxylic acids is 1. The highest BCUT2D eigenvalue weighted by Crippen LogP contribution is 2.41. The van der Waals surface area contributed by atoms with Gasteiger partial charge in [0.05, 0.1) is 0 Å². The van der Waals surface area contributed by atoms with Crippen molar-refractivity contribution in [3.63, 3.8) is 0 Å². The maximum Gasteiger partial charge on any atom is 0.306 e. The molecular formula is C34H42O4. The highest BCUT2D eigenvalue weighted by atomic mass is 16.5. The molecule has 0 aromatic heterocycles. The predicted octanol–water partition coefficient (Wildman–Crippen LogP) is 9.59. The summed E-state index contributed by atoms with van der Waals surface area (Å²) < 4.78 is 6.34. The van der Waals surface area contributed by atoms with E-state index in [0.717, 1.165) is 69.8 Å². The third-order valence-corrected chi connectivity index (χ3v) is 8.03. The number of hydrogen-bond donors (Lipinski definition) is 1. The topological polar surface area (TPSA) is 63.6 Å². The van der Waals surface area contributed by atoms with Crippen LogP contribution < -0.4 is 0 Å². The van der Waals surface area contributed by atoms with Crippen LogP contribution in [0.4, 0.5) is 0 Å². The number of ether oxygens (including phenoxy) is 1. The molecule has 4 rings (SSSR count). The zero-order valence-corrected chi connectivity index (χ0v) is 23.0. The third-order valence-electron chi connectivity index (χ3n) is 8.03. The van der Waals surface area contributed by atoms with Crippen molar-refractivity contribution in [2.45, 2.75) is 97.0 Å². The minimum atomic E-state index is -0.726. The minimum Gasteiger partial charge on any atom is -0.481 e. The van der Waals surface area contributed by atoms with Gasteiger partial charge in [0.25, 0.3) is 0 Å². The van der Waals surface area contributed by atoms with Crippen molar-refractivity contribution in [3.8, 4) is 0 Å². The lowest BCUT2D eigenvalue weighted by Gasteiger charge is -2.28. The maximum absolute atomic E-state index is 13.1. The summed E-state index contributed by atoms with van der Waals surface area (Å²) in [6, 6.07) is 19.7. The lowest BCUT2D eigenvalue weighted by molar-refractivity contribution is -0.153. The van der Waals surface area contributed by atoms with Crippen molar-refractivity contribution in [2.75, 3.05) is 0 Å². The molecule has 0 radical (unpaired) electrons. The number of carbonyl (C=O) groups excluding carboxylic acids is 1. The van der Waals surface area contributed by atoms with Gasteiger partial charge in [-0.1, -0.05) is 107 Å². The van der Waals surface area contributed by atoms with Crippen LogP contribution in [-0.2, 0) is 14.3 Å². The Morgan fingerprint density at radius 2 is 1.34 bits per heavy atom. The van der Waals surface area contributed by atoms with Crippen LogP contribution in [-0.4, -0.2) is 17.0 Å². The molecule has 0 amide bonds. The van der Waals surface area contributed by atoms with Gasteiger partial charge in [0.1, 0.15) is 6.10 Å². The molecule has 2 atom stereocenters. The summed E-state index contributed by atoms with van der Waals surface area (Å²) in [5, 5.41) is 16.2. The van der Waals surface area contributed by atoms with Crippen LogP contribution in [0.5, 0.6) is 0 Å². The van der Waals surface area contributed by atoms with Crippen molar-refractivity contribution in [3.05, 3.63) is 60.2 Å². The van der Waals surface area contributed by atoms with E-state index in [9.17, 15) is 9.59 Å². The fourth-order valence-corrected chi connectivity index (χ4v) is 5.91. The Hall–Kier alpha value is -3.14. The molecule has 38 heavy (non-hydrogen) atoms. The fourth-order valence-electron chi connectivity index (χ4n) is 5.91. The normalized spacial score (nSPS) is 13.3. The van der Waals surface area contributed by atoms with E-state index in [2.05, 4.69) is 68.4 Å². The number of esters is 1. The van der Waals surface area contributed by atoms with Gasteiger partial charge in [-0.25, -0.2) is 0 Å². The van der Waals surface area contributed by atoms with E-state index in [1.54, 1.807) is 0 Å². The molecule has 4 heteroatoms. The van der Waals surface area contributed by atoms with Crippen LogP contribution in [0, 0.1) is 5.92 Å². The molecule has 4 nitrogen and oxygen atoms in total. The number of benzene rings is 4. The van der Waals surface area contributed by atoms with Gasteiger partial charge in [0, 0.05) is 24.3 Å². The monoisotopic (exact) mass is 514 g/mol. The van der Waals surface area contributed by atoms with Crippen molar-refractivity contribution in [2.24, 2.45) is 5.92 Å². The van der Waals surface area contributed by atoms with Gasteiger partial charge in [0.15, 0.2) is 0 Å². The Morgan fingerprint density at radius 1 is 0.737 bits per heavy atom. The quantitative estimate of drug-likeness (QED) is 0.0918. The van der Waals surface area contributed by atoms with Crippen molar-refractivity contribution < 1.29 is 19.4 Å². The second-order valence-corrected chi connectivity index (χ2v) is 10.7. The molecule has 0 aliphatic rings. The van der Waals surface area contributed by atoms with Crippen molar-refractivity contribution >= 4 is 44.3 Å². The molecule has 0 aliphatic carbocycles. The Labute approximate surface area is 226 Å². The first-order chi connectivity index (χ1) is 18.5. The molecule has 0 bridgehead atoms. The van der Waals surface area contributed by atoms with Crippen LogP contribution >= 0.6 is 0 Å². The van der Waals surface area contributed by atoms with E-state index in [1.165, 1.54) is 32.3 Å². The molecule has 2 unspecified atom stereocenters. The molecule has 4 aromatic carbocycles. The molecule has 0 saturated heterocycles. The van der Waals surface area contributed by atoms with Gasteiger partial charge in [-0.05, 0) is 58.0 Å². The van der Waals surface area contributed by atoms with E-state index in [0.29, 0.717) is 6.42 Å². The number of rotatable bonds is 16. The van der Waals surface area contributed by atoms with Crippen molar-refractivity contribution in [1.82, 2.24) is 0 Å². The summed E-state index contributed by atoms with van der Waals surface area (Å²) in [5.74, 6) is -0.551. The largest absolute Gasteiger partial charge is 0.481 e. The summed E-state index contributed by atoms with van der Waals surface area (Å²) >= 11 is 0. The van der Waals surface area contributed by atoms with Gasteiger partial charge in [-0.15, -0.1) is 0 Å². The van der Waals surface area contributed by atoms with Gasteiger partial charge < -0.3 is 9.84 Å². The van der Waals surface area contributed by atoms with Gasteiger partial charge in [-0.3, -0.25) is 9.59 Å². The predicted molar refractivity (Wildman–Crippen MR) is 157 cm³/mol. The molecule has 202 valence electrons. The highest BCUT2D eigenvalue weighted by molar-refractivity contribution is 6.23. The molecule has 1 N–H and O–H groups in total. The molecule has 0 heterocycles. The number of carboxylic acid groups (broad SMARTS) is 1. The average molecular weight is 515 g/mol. The van der Waals surface area contributed by atoms with Crippen LogP contribution in [0.2, 0.25) is 0 Å². The number of carbonyl (C=O) groups is 2. The van der Waals surface area contributed by atoms with Crippen LogP contribution in [0.3, 0.4) is 0 Å². The number of aliphatic carboxylic acids is 1. The lowest BCUT2D eigenvalue weighted by Crippen LogP contribution is -2.20. The second-order valence-electron chi connectivity index (χ2n) is 10.7. The van der Waals surface area contributed by atoms with E-state index < -0.39 is 5.97 Å². The first-order valence-corrected chi connectivity index (χ1v) is 14.6. The third kappa shape index (κ3) is 6.64. The maximum atomic E-state index is 13.1. The molecule has 0 aliphatic heterocycles. The molecule has 0 fully saturated rings. The SMILES string of the molecule is CCCCC(CC)C(OC(=O)CCCCCCCCC(=O)O)c1ccc2ccc3cccc4ccc1c2c34. The Morgan fingerprint density at radius 3 is 2.00 bits per heavy atom. The molecule has 0 saturated carbocycles. The van der Waals surface area contributed by atoms with Gasteiger partial charge in [-0.2, -0.15) is 0 Å². The van der Waals surface area contributed by atoms with E-state index in [1.807, 2.05) is 0 Å². The molecular weight excluding hydrogens is 472 g/mol. The molecule has 4 aromatic rings.